The van der Waals surface area contributed by atoms with Gasteiger partial charge in [0.15, 0.2) is 0 Å². The highest BCUT2D eigenvalue weighted by molar-refractivity contribution is 9.10. The minimum atomic E-state index is 0.165. The maximum atomic E-state index is 8.70. The molecule has 2 aromatic rings. The number of benzene rings is 1. The van der Waals surface area contributed by atoms with Gasteiger partial charge < -0.3 is 5.32 Å². The number of nitrogens with zero attached hydrogens (tertiary/aromatic N) is 2. The van der Waals surface area contributed by atoms with Crippen molar-refractivity contribution in [1.29, 1.82) is 5.26 Å². The third kappa shape index (κ3) is 3.08. The monoisotopic (exact) mass is 301 g/mol. The molecule has 1 atom stereocenters. The zero-order valence-electron chi connectivity index (χ0n) is 9.89. The first-order valence-electron chi connectivity index (χ1n) is 5.57. The summed E-state index contributed by atoms with van der Waals surface area (Å²) in [5, 5.41) is 12.0. The molecule has 0 aliphatic carbocycles. The van der Waals surface area contributed by atoms with E-state index < -0.39 is 0 Å². The Morgan fingerprint density at radius 3 is 2.50 bits per heavy atom. The molecule has 0 radical (unpaired) electrons. The molecule has 0 amide bonds. The highest BCUT2D eigenvalue weighted by atomic mass is 79.9. The molecule has 4 heteroatoms. The molecule has 1 aromatic carbocycles. The summed E-state index contributed by atoms with van der Waals surface area (Å²) in [6.07, 6.45) is 1.57. The third-order valence-electron chi connectivity index (χ3n) is 2.63. The number of hydrogen-bond acceptors (Lipinski definition) is 3. The summed E-state index contributed by atoms with van der Waals surface area (Å²) < 4.78 is 1.06. The van der Waals surface area contributed by atoms with E-state index in [9.17, 15) is 0 Å². The SMILES string of the molecule is CC(Nc1ccc(C#N)cn1)c1ccc(Br)cc1. The first-order chi connectivity index (χ1) is 8.69. The lowest BCUT2D eigenvalue weighted by Crippen LogP contribution is -2.07. The van der Waals surface area contributed by atoms with Gasteiger partial charge in [0, 0.05) is 16.7 Å². The first-order valence-corrected chi connectivity index (χ1v) is 6.36. The lowest BCUT2D eigenvalue weighted by molar-refractivity contribution is 0.874. The molecule has 0 bridgehead atoms. The summed E-state index contributed by atoms with van der Waals surface area (Å²) in [7, 11) is 0. The summed E-state index contributed by atoms with van der Waals surface area (Å²) in [4.78, 5) is 4.19. The minimum absolute atomic E-state index is 0.165. The third-order valence-corrected chi connectivity index (χ3v) is 3.16. The van der Waals surface area contributed by atoms with Crippen LogP contribution in [0.3, 0.4) is 0 Å². The Morgan fingerprint density at radius 1 is 1.22 bits per heavy atom. The predicted molar refractivity (Wildman–Crippen MR) is 75.1 cm³/mol. The summed E-state index contributed by atoms with van der Waals surface area (Å²) in [5.41, 5.74) is 1.75. The van der Waals surface area contributed by atoms with Crippen molar-refractivity contribution in [2.24, 2.45) is 0 Å². The van der Waals surface area contributed by atoms with Crippen LogP contribution < -0.4 is 5.32 Å². The summed E-state index contributed by atoms with van der Waals surface area (Å²) in [5.74, 6) is 0.768. The van der Waals surface area contributed by atoms with Gasteiger partial charge in [0.1, 0.15) is 11.9 Å². The van der Waals surface area contributed by atoms with Crippen LogP contribution in [0.25, 0.3) is 0 Å². The number of nitriles is 1. The van der Waals surface area contributed by atoms with Crippen molar-refractivity contribution in [3.8, 4) is 6.07 Å². The second kappa shape index (κ2) is 5.65. The Hall–Kier alpha value is -1.86. The average Bonchev–Trinajstić information content (AvgIpc) is 2.40. The molecule has 0 aliphatic heterocycles. The van der Waals surface area contributed by atoms with Crippen molar-refractivity contribution >= 4 is 21.7 Å². The molecule has 0 spiro atoms. The molecule has 1 heterocycles. The predicted octanol–water partition coefficient (Wildman–Crippen LogP) is 3.89. The van der Waals surface area contributed by atoms with Crippen LogP contribution in [0.15, 0.2) is 47.1 Å². The van der Waals surface area contributed by atoms with Gasteiger partial charge in [-0.25, -0.2) is 4.98 Å². The molecule has 18 heavy (non-hydrogen) atoms. The second-order valence-electron chi connectivity index (χ2n) is 3.96. The maximum absolute atomic E-state index is 8.70. The lowest BCUT2D eigenvalue weighted by Gasteiger charge is -2.14. The van der Waals surface area contributed by atoms with E-state index in [1.165, 1.54) is 5.56 Å². The van der Waals surface area contributed by atoms with Crippen LogP contribution in [0.2, 0.25) is 0 Å². The van der Waals surface area contributed by atoms with Gasteiger partial charge in [0.05, 0.1) is 5.56 Å². The topological polar surface area (TPSA) is 48.7 Å². The number of rotatable bonds is 3. The average molecular weight is 302 g/mol. The number of nitrogens with one attached hydrogen (secondary N) is 1. The molecule has 1 aromatic heterocycles. The molecule has 2 rings (SSSR count). The number of pyridine rings is 1. The molecule has 1 unspecified atom stereocenters. The van der Waals surface area contributed by atoms with Crippen LogP contribution in [-0.2, 0) is 0 Å². The van der Waals surface area contributed by atoms with E-state index in [1.54, 1.807) is 12.3 Å². The zero-order valence-corrected chi connectivity index (χ0v) is 11.5. The Balaban J connectivity index is 2.08. The number of anilines is 1. The van der Waals surface area contributed by atoms with E-state index in [4.69, 9.17) is 5.26 Å². The Labute approximate surface area is 115 Å². The standard InChI is InChI=1S/C14H12BrN3/c1-10(12-3-5-13(15)6-4-12)18-14-7-2-11(8-16)9-17-14/h2-7,9-10H,1H3,(H,17,18). The van der Waals surface area contributed by atoms with Crippen LogP contribution in [0.1, 0.15) is 24.1 Å². The summed E-state index contributed by atoms with van der Waals surface area (Å²) in [6.45, 7) is 2.07. The van der Waals surface area contributed by atoms with Gasteiger partial charge in [-0.15, -0.1) is 0 Å². The van der Waals surface area contributed by atoms with Crippen LogP contribution >= 0.6 is 15.9 Å². The van der Waals surface area contributed by atoms with Crippen molar-refractivity contribution < 1.29 is 0 Å². The Morgan fingerprint density at radius 2 is 1.94 bits per heavy atom. The number of halogens is 1. The lowest BCUT2D eigenvalue weighted by atomic mass is 10.1. The fraction of sp³-hybridized carbons (Fsp3) is 0.143. The summed E-state index contributed by atoms with van der Waals surface area (Å²) in [6, 6.07) is 13.9. The maximum Gasteiger partial charge on any atom is 0.126 e. The molecule has 0 fully saturated rings. The molecule has 0 saturated carbocycles. The van der Waals surface area contributed by atoms with Gasteiger partial charge in [0.25, 0.3) is 0 Å². The fourth-order valence-corrected chi connectivity index (χ4v) is 1.87. The van der Waals surface area contributed by atoms with Crippen molar-refractivity contribution in [2.45, 2.75) is 13.0 Å². The van der Waals surface area contributed by atoms with Crippen molar-refractivity contribution in [2.75, 3.05) is 5.32 Å². The van der Waals surface area contributed by atoms with Gasteiger partial charge in [-0.05, 0) is 36.8 Å². The van der Waals surface area contributed by atoms with Crippen molar-refractivity contribution in [3.63, 3.8) is 0 Å². The van der Waals surface area contributed by atoms with Gasteiger partial charge in [-0.2, -0.15) is 5.26 Å². The normalized spacial score (nSPS) is 11.6. The summed E-state index contributed by atoms with van der Waals surface area (Å²) >= 11 is 3.41. The Kier molecular flexibility index (Phi) is 3.96. The molecule has 3 nitrogen and oxygen atoms in total. The van der Waals surface area contributed by atoms with E-state index in [0.29, 0.717) is 5.56 Å². The smallest absolute Gasteiger partial charge is 0.126 e. The van der Waals surface area contributed by atoms with E-state index in [2.05, 4.69) is 45.3 Å². The van der Waals surface area contributed by atoms with Gasteiger partial charge in [0.2, 0.25) is 0 Å². The highest BCUT2D eigenvalue weighted by Crippen LogP contribution is 2.20. The largest absolute Gasteiger partial charge is 0.364 e. The van der Waals surface area contributed by atoms with Crippen LogP contribution in [0.4, 0.5) is 5.82 Å². The molecule has 90 valence electrons. The van der Waals surface area contributed by atoms with E-state index in [0.717, 1.165) is 10.3 Å². The first kappa shape index (κ1) is 12.6. The second-order valence-corrected chi connectivity index (χ2v) is 4.88. The van der Waals surface area contributed by atoms with Crippen LogP contribution in [0, 0.1) is 11.3 Å². The molecule has 1 N–H and O–H groups in total. The molecule has 0 saturated heterocycles. The minimum Gasteiger partial charge on any atom is -0.364 e. The molecular formula is C14H12BrN3. The van der Waals surface area contributed by atoms with Gasteiger partial charge in [-0.1, -0.05) is 28.1 Å². The van der Waals surface area contributed by atoms with Gasteiger partial charge in [-0.3, -0.25) is 0 Å². The quantitative estimate of drug-likeness (QED) is 0.935. The van der Waals surface area contributed by atoms with Crippen LogP contribution in [-0.4, -0.2) is 4.98 Å². The van der Waals surface area contributed by atoms with Gasteiger partial charge >= 0.3 is 0 Å². The van der Waals surface area contributed by atoms with Crippen LogP contribution in [0.5, 0.6) is 0 Å². The van der Waals surface area contributed by atoms with E-state index in [-0.39, 0.29) is 6.04 Å². The number of hydrogen-bond donors (Lipinski definition) is 1. The van der Waals surface area contributed by atoms with E-state index >= 15 is 0 Å². The van der Waals surface area contributed by atoms with Crippen molar-refractivity contribution in [1.82, 2.24) is 4.98 Å². The zero-order chi connectivity index (χ0) is 13.0. The Bertz CT molecular complexity index is 555. The molecular weight excluding hydrogens is 290 g/mol. The van der Waals surface area contributed by atoms with Crippen molar-refractivity contribution in [3.05, 3.63) is 58.2 Å². The number of aromatic nitrogens is 1. The fourth-order valence-electron chi connectivity index (χ4n) is 1.60. The molecule has 0 aliphatic rings. The van der Waals surface area contributed by atoms with E-state index in [1.807, 2.05) is 24.3 Å². The highest BCUT2D eigenvalue weighted by Gasteiger charge is 2.05.